The lowest BCUT2D eigenvalue weighted by Gasteiger charge is -2.35. The molecule has 0 radical (unpaired) electrons. The van der Waals surface area contributed by atoms with Crippen LogP contribution in [0, 0.1) is 5.92 Å². The van der Waals surface area contributed by atoms with Gasteiger partial charge in [0.1, 0.15) is 0 Å². The first-order chi connectivity index (χ1) is 6.37. The Labute approximate surface area is 87.3 Å². The van der Waals surface area contributed by atoms with Gasteiger partial charge in [0.2, 0.25) is 0 Å². The van der Waals surface area contributed by atoms with Gasteiger partial charge in [-0.15, -0.1) is 0 Å². The minimum absolute atomic E-state index is 0.320. The molecule has 0 amide bonds. The number of aliphatic hydroxyl groups is 1. The van der Waals surface area contributed by atoms with Crippen LogP contribution < -0.4 is 5.73 Å². The van der Waals surface area contributed by atoms with Gasteiger partial charge in [-0.25, -0.2) is 0 Å². The lowest BCUT2D eigenvalue weighted by Crippen LogP contribution is -2.47. The van der Waals surface area contributed by atoms with Crippen LogP contribution in [0.4, 0.5) is 0 Å². The largest absolute Gasteiger partial charge is 0.390 e. The third-order valence-electron chi connectivity index (χ3n) is 2.81. The highest BCUT2D eigenvalue weighted by molar-refractivity contribution is 4.80. The van der Waals surface area contributed by atoms with E-state index < -0.39 is 5.60 Å². The molecule has 1 saturated heterocycles. The Balaban J connectivity index is 2.30. The SMILES string of the molecule is CC1CC(N)CN(CCC(C)(C)O)C1. The second kappa shape index (κ2) is 4.60. The summed E-state index contributed by atoms with van der Waals surface area (Å²) in [6, 6.07) is 0.320. The molecule has 1 aliphatic heterocycles. The molecular weight excluding hydrogens is 176 g/mol. The average Bonchev–Trinajstić information content (AvgIpc) is 1.97. The molecule has 1 fully saturated rings. The molecule has 3 nitrogen and oxygen atoms in total. The van der Waals surface area contributed by atoms with Gasteiger partial charge in [-0.3, -0.25) is 0 Å². The van der Waals surface area contributed by atoms with Gasteiger partial charge < -0.3 is 15.7 Å². The molecule has 3 heteroatoms. The van der Waals surface area contributed by atoms with E-state index in [9.17, 15) is 5.11 Å². The Morgan fingerprint density at radius 2 is 2.07 bits per heavy atom. The van der Waals surface area contributed by atoms with Crippen LogP contribution in [-0.2, 0) is 0 Å². The van der Waals surface area contributed by atoms with Crippen LogP contribution in [0.1, 0.15) is 33.6 Å². The number of hydrogen-bond acceptors (Lipinski definition) is 3. The van der Waals surface area contributed by atoms with E-state index in [0.717, 1.165) is 32.5 Å². The zero-order valence-electron chi connectivity index (χ0n) is 9.66. The molecule has 3 N–H and O–H groups in total. The first-order valence-electron chi connectivity index (χ1n) is 5.57. The fourth-order valence-electron chi connectivity index (χ4n) is 2.13. The lowest BCUT2D eigenvalue weighted by atomic mass is 9.95. The van der Waals surface area contributed by atoms with E-state index in [1.54, 1.807) is 0 Å². The predicted molar refractivity (Wildman–Crippen MR) is 59.1 cm³/mol. The van der Waals surface area contributed by atoms with Crippen molar-refractivity contribution in [1.82, 2.24) is 4.90 Å². The van der Waals surface area contributed by atoms with Crippen molar-refractivity contribution in [2.75, 3.05) is 19.6 Å². The van der Waals surface area contributed by atoms with Crippen LogP contribution in [0.2, 0.25) is 0 Å². The average molecular weight is 200 g/mol. The second-order valence-corrected chi connectivity index (χ2v) is 5.42. The van der Waals surface area contributed by atoms with Crippen LogP contribution >= 0.6 is 0 Å². The summed E-state index contributed by atoms with van der Waals surface area (Å²) in [5.41, 5.74) is 5.40. The van der Waals surface area contributed by atoms with Crippen molar-refractivity contribution in [1.29, 1.82) is 0 Å². The molecule has 14 heavy (non-hydrogen) atoms. The normalized spacial score (nSPS) is 30.6. The number of rotatable bonds is 3. The minimum atomic E-state index is -0.551. The van der Waals surface area contributed by atoms with Crippen LogP contribution in [-0.4, -0.2) is 41.3 Å². The van der Waals surface area contributed by atoms with E-state index in [1.807, 2.05) is 13.8 Å². The monoisotopic (exact) mass is 200 g/mol. The Kier molecular flexibility index (Phi) is 3.93. The predicted octanol–water partition coefficient (Wildman–Crippen LogP) is 0.816. The van der Waals surface area contributed by atoms with Crippen molar-refractivity contribution in [2.24, 2.45) is 11.7 Å². The Bertz CT molecular complexity index is 167. The summed E-state index contributed by atoms with van der Waals surface area (Å²) in [4.78, 5) is 2.37. The molecule has 0 spiro atoms. The van der Waals surface area contributed by atoms with Crippen molar-refractivity contribution in [3.05, 3.63) is 0 Å². The number of hydrogen-bond donors (Lipinski definition) is 2. The Morgan fingerprint density at radius 1 is 1.43 bits per heavy atom. The molecule has 84 valence electrons. The van der Waals surface area contributed by atoms with Gasteiger partial charge in [0.25, 0.3) is 0 Å². The Morgan fingerprint density at radius 3 is 2.57 bits per heavy atom. The van der Waals surface area contributed by atoms with Crippen LogP contribution in [0.3, 0.4) is 0 Å². The minimum Gasteiger partial charge on any atom is -0.390 e. The summed E-state index contributed by atoms with van der Waals surface area (Å²) < 4.78 is 0. The van der Waals surface area contributed by atoms with Crippen molar-refractivity contribution in [2.45, 2.75) is 45.3 Å². The summed E-state index contributed by atoms with van der Waals surface area (Å²) in [6.45, 7) is 9.04. The smallest absolute Gasteiger partial charge is 0.0603 e. The quantitative estimate of drug-likeness (QED) is 0.709. The molecule has 0 saturated carbocycles. The maximum atomic E-state index is 9.62. The summed E-state index contributed by atoms with van der Waals surface area (Å²) >= 11 is 0. The molecular formula is C11H24N2O. The maximum Gasteiger partial charge on any atom is 0.0603 e. The summed E-state index contributed by atoms with van der Waals surface area (Å²) in [5, 5.41) is 9.62. The molecule has 0 aliphatic carbocycles. The molecule has 0 aromatic heterocycles. The molecule has 0 bridgehead atoms. The number of likely N-dealkylation sites (tertiary alicyclic amines) is 1. The van der Waals surface area contributed by atoms with Gasteiger partial charge in [0.15, 0.2) is 0 Å². The van der Waals surface area contributed by atoms with Gasteiger partial charge in [0.05, 0.1) is 5.60 Å². The zero-order valence-corrected chi connectivity index (χ0v) is 9.66. The highest BCUT2D eigenvalue weighted by Gasteiger charge is 2.23. The van der Waals surface area contributed by atoms with Crippen LogP contribution in [0.15, 0.2) is 0 Å². The van der Waals surface area contributed by atoms with E-state index in [4.69, 9.17) is 5.73 Å². The van der Waals surface area contributed by atoms with Crippen molar-refractivity contribution < 1.29 is 5.11 Å². The third-order valence-corrected chi connectivity index (χ3v) is 2.81. The van der Waals surface area contributed by atoms with E-state index >= 15 is 0 Å². The second-order valence-electron chi connectivity index (χ2n) is 5.42. The zero-order chi connectivity index (χ0) is 10.8. The third kappa shape index (κ3) is 4.40. The topological polar surface area (TPSA) is 49.5 Å². The van der Waals surface area contributed by atoms with Gasteiger partial charge in [-0.05, 0) is 32.6 Å². The van der Waals surface area contributed by atoms with E-state index in [-0.39, 0.29) is 0 Å². The van der Waals surface area contributed by atoms with E-state index in [2.05, 4.69) is 11.8 Å². The molecule has 0 aromatic rings. The standard InChI is InChI=1S/C11H24N2O/c1-9-6-10(12)8-13(7-9)5-4-11(2,3)14/h9-10,14H,4-8,12H2,1-3H3. The van der Waals surface area contributed by atoms with Crippen molar-refractivity contribution in [3.63, 3.8) is 0 Å². The van der Waals surface area contributed by atoms with Crippen molar-refractivity contribution >= 4 is 0 Å². The number of nitrogens with two attached hydrogens (primary N) is 1. The van der Waals surface area contributed by atoms with Crippen LogP contribution in [0.25, 0.3) is 0 Å². The summed E-state index contributed by atoms with van der Waals surface area (Å²) in [6.07, 6.45) is 1.96. The fraction of sp³-hybridized carbons (Fsp3) is 1.00. The highest BCUT2D eigenvalue weighted by Crippen LogP contribution is 2.17. The van der Waals surface area contributed by atoms with Gasteiger partial charge >= 0.3 is 0 Å². The number of nitrogens with zero attached hydrogens (tertiary/aromatic N) is 1. The molecule has 2 unspecified atom stereocenters. The molecule has 0 aromatic carbocycles. The first-order valence-corrected chi connectivity index (χ1v) is 5.57. The Hall–Kier alpha value is -0.120. The molecule has 1 aliphatic rings. The van der Waals surface area contributed by atoms with Gasteiger partial charge in [-0.2, -0.15) is 0 Å². The van der Waals surface area contributed by atoms with E-state index in [1.165, 1.54) is 0 Å². The number of piperidine rings is 1. The summed E-state index contributed by atoms with van der Waals surface area (Å²) in [7, 11) is 0. The lowest BCUT2D eigenvalue weighted by molar-refractivity contribution is 0.0493. The van der Waals surface area contributed by atoms with E-state index in [0.29, 0.717) is 12.0 Å². The fourth-order valence-corrected chi connectivity index (χ4v) is 2.13. The van der Waals surface area contributed by atoms with Gasteiger partial charge in [-0.1, -0.05) is 6.92 Å². The molecule has 1 heterocycles. The molecule has 2 atom stereocenters. The first kappa shape index (κ1) is 12.0. The highest BCUT2D eigenvalue weighted by atomic mass is 16.3. The van der Waals surface area contributed by atoms with Crippen LogP contribution in [0.5, 0.6) is 0 Å². The molecule has 1 rings (SSSR count). The van der Waals surface area contributed by atoms with Gasteiger partial charge in [0, 0.05) is 25.7 Å². The van der Waals surface area contributed by atoms with Crippen molar-refractivity contribution in [3.8, 4) is 0 Å². The maximum absolute atomic E-state index is 9.62. The summed E-state index contributed by atoms with van der Waals surface area (Å²) in [5.74, 6) is 0.695.